The quantitative estimate of drug-likeness (QED) is 0.599. The molecule has 0 aromatic heterocycles. The van der Waals surface area contributed by atoms with Crippen LogP contribution in [-0.2, 0) is 9.59 Å². The van der Waals surface area contributed by atoms with Gasteiger partial charge in [-0.2, -0.15) is 0 Å². The first-order valence-electron chi connectivity index (χ1n) is 6.10. The SMILES string of the molecule is CCCN(CCO)C(=O)C(=O)N1CCNCC1. The van der Waals surface area contributed by atoms with Crippen molar-refractivity contribution in [1.82, 2.24) is 15.1 Å². The predicted molar refractivity (Wildman–Crippen MR) is 63.4 cm³/mol. The molecule has 98 valence electrons. The number of piperazine rings is 1. The zero-order valence-electron chi connectivity index (χ0n) is 10.3. The van der Waals surface area contributed by atoms with E-state index < -0.39 is 11.8 Å². The van der Waals surface area contributed by atoms with Gasteiger partial charge in [0.15, 0.2) is 0 Å². The number of nitrogens with one attached hydrogen (secondary N) is 1. The minimum atomic E-state index is -0.497. The summed E-state index contributed by atoms with van der Waals surface area (Å²) >= 11 is 0. The van der Waals surface area contributed by atoms with E-state index in [9.17, 15) is 9.59 Å². The zero-order valence-corrected chi connectivity index (χ0v) is 10.3. The first-order valence-corrected chi connectivity index (χ1v) is 6.10. The first kappa shape index (κ1) is 13.9. The summed E-state index contributed by atoms with van der Waals surface area (Å²) in [7, 11) is 0. The fourth-order valence-electron chi connectivity index (χ4n) is 1.84. The summed E-state index contributed by atoms with van der Waals surface area (Å²) in [6.45, 7) is 5.17. The molecule has 1 aliphatic rings. The average Bonchev–Trinajstić information content (AvgIpc) is 2.38. The Morgan fingerprint density at radius 2 is 1.94 bits per heavy atom. The number of rotatable bonds is 4. The van der Waals surface area contributed by atoms with Crippen LogP contribution in [0.25, 0.3) is 0 Å². The lowest BCUT2D eigenvalue weighted by atomic mass is 10.3. The fourth-order valence-corrected chi connectivity index (χ4v) is 1.84. The maximum atomic E-state index is 11.9. The molecule has 0 radical (unpaired) electrons. The van der Waals surface area contributed by atoms with Gasteiger partial charge in [-0.3, -0.25) is 9.59 Å². The third-order valence-electron chi connectivity index (χ3n) is 2.74. The van der Waals surface area contributed by atoms with Gasteiger partial charge in [-0.05, 0) is 6.42 Å². The van der Waals surface area contributed by atoms with E-state index in [2.05, 4.69) is 5.32 Å². The van der Waals surface area contributed by atoms with Crippen LogP contribution in [0.15, 0.2) is 0 Å². The van der Waals surface area contributed by atoms with Crippen LogP contribution in [0.5, 0.6) is 0 Å². The third-order valence-corrected chi connectivity index (χ3v) is 2.74. The second-order valence-electron chi connectivity index (χ2n) is 4.06. The van der Waals surface area contributed by atoms with Gasteiger partial charge in [-0.25, -0.2) is 0 Å². The molecule has 0 aromatic carbocycles. The van der Waals surface area contributed by atoms with Crippen molar-refractivity contribution in [3.05, 3.63) is 0 Å². The van der Waals surface area contributed by atoms with Crippen LogP contribution >= 0.6 is 0 Å². The summed E-state index contributed by atoms with van der Waals surface area (Å²) in [5.74, 6) is -0.948. The number of aliphatic hydroxyl groups excluding tert-OH is 1. The first-order chi connectivity index (χ1) is 8.20. The summed E-state index contributed by atoms with van der Waals surface area (Å²) in [6.07, 6.45) is 0.778. The number of carbonyl (C=O) groups excluding carboxylic acids is 2. The number of hydrogen-bond acceptors (Lipinski definition) is 4. The lowest BCUT2D eigenvalue weighted by Crippen LogP contribution is -2.52. The maximum absolute atomic E-state index is 11.9. The highest BCUT2D eigenvalue weighted by molar-refractivity contribution is 6.34. The molecule has 1 heterocycles. The van der Waals surface area contributed by atoms with Crippen molar-refractivity contribution in [2.45, 2.75) is 13.3 Å². The zero-order chi connectivity index (χ0) is 12.7. The van der Waals surface area contributed by atoms with Crippen LogP contribution in [-0.4, -0.2) is 72.6 Å². The van der Waals surface area contributed by atoms with E-state index in [1.54, 1.807) is 4.90 Å². The average molecular weight is 243 g/mol. The van der Waals surface area contributed by atoms with E-state index in [4.69, 9.17) is 5.11 Å². The van der Waals surface area contributed by atoms with Crippen molar-refractivity contribution in [3.8, 4) is 0 Å². The van der Waals surface area contributed by atoms with Gasteiger partial charge in [0.25, 0.3) is 0 Å². The van der Waals surface area contributed by atoms with Gasteiger partial charge < -0.3 is 20.2 Å². The van der Waals surface area contributed by atoms with Gasteiger partial charge in [0.1, 0.15) is 0 Å². The molecule has 0 unspecified atom stereocenters. The van der Waals surface area contributed by atoms with E-state index in [-0.39, 0.29) is 13.2 Å². The van der Waals surface area contributed by atoms with Crippen molar-refractivity contribution in [3.63, 3.8) is 0 Å². The van der Waals surface area contributed by atoms with Crippen LogP contribution in [0.2, 0.25) is 0 Å². The van der Waals surface area contributed by atoms with Crippen LogP contribution in [0.3, 0.4) is 0 Å². The summed E-state index contributed by atoms with van der Waals surface area (Å²) in [4.78, 5) is 26.8. The molecule has 17 heavy (non-hydrogen) atoms. The van der Waals surface area contributed by atoms with Gasteiger partial charge in [0.05, 0.1) is 6.61 Å². The van der Waals surface area contributed by atoms with Gasteiger partial charge in [-0.15, -0.1) is 0 Å². The molecule has 0 bridgehead atoms. The van der Waals surface area contributed by atoms with Crippen molar-refractivity contribution in [2.75, 3.05) is 45.9 Å². The van der Waals surface area contributed by atoms with E-state index in [0.29, 0.717) is 19.6 Å². The Morgan fingerprint density at radius 1 is 1.29 bits per heavy atom. The van der Waals surface area contributed by atoms with Gasteiger partial charge in [-0.1, -0.05) is 6.92 Å². The normalized spacial score (nSPS) is 15.8. The minimum Gasteiger partial charge on any atom is -0.395 e. The minimum absolute atomic E-state index is 0.111. The summed E-state index contributed by atoms with van der Waals surface area (Å²) < 4.78 is 0. The van der Waals surface area contributed by atoms with E-state index >= 15 is 0 Å². The third kappa shape index (κ3) is 3.98. The monoisotopic (exact) mass is 243 g/mol. The lowest BCUT2D eigenvalue weighted by Gasteiger charge is -2.29. The molecule has 2 amide bonds. The van der Waals surface area contributed by atoms with E-state index in [1.807, 2.05) is 6.92 Å². The molecule has 0 aromatic rings. The standard InChI is InChI=1S/C11H21N3O3/c1-2-5-13(8-9-15)10(16)11(17)14-6-3-12-4-7-14/h12,15H,2-9H2,1H3. The van der Waals surface area contributed by atoms with Crippen LogP contribution in [0.1, 0.15) is 13.3 Å². The smallest absolute Gasteiger partial charge is 0.312 e. The topological polar surface area (TPSA) is 72.9 Å². The molecule has 1 rings (SSSR count). The molecule has 2 N–H and O–H groups in total. The Hall–Kier alpha value is -1.14. The largest absolute Gasteiger partial charge is 0.395 e. The number of hydrogen-bond donors (Lipinski definition) is 2. The predicted octanol–water partition coefficient (Wildman–Crippen LogP) is -1.35. The summed E-state index contributed by atoms with van der Waals surface area (Å²) in [6, 6.07) is 0. The second-order valence-corrected chi connectivity index (χ2v) is 4.06. The Balaban J connectivity index is 2.55. The highest BCUT2D eigenvalue weighted by Gasteiger charge is 2.27. The molecule has 1 saturated heterocycles. The lowest BCUT2D eigenvalue weighted by molar-refractivity contribution is -0.152. The molecule has 1 fully saturated rings. The Labute approximate surface area is 102 Å². The molecule has 0 saturated carbocycles. The highest BCUT2D eigenvalue weighted by atomic mass is 16.3. The fraction of sp³-hybridized carbons (Fsp3) is 0.818. The van der Waals surface area contributed by atoms with Crippen molar-refractivity contribution in [1.29, 1.82) is 0 Å². The second kappa shape index (κ2) is 7.24. The van der Waals surface area contributed by atoms with E-state index in [0.717, 1.165) is 19.5 Å². The van der Waals surface area contributed by atoms with Crippen molar-refractivity contribution >= 4 is 11.8 Å². The molecule has 0 aliphatic carbocycles. The molecule has 1 aliphatic heterocycles. The molecule has 0 spiro atoms. The number of aliphatic hydroxyl groups is 1. The van der Waals surface area contributed by atoms with E-state index in [1.165, 1.54) is 4.90 Å². The van der Waals surface area contributed by atoms with Crippen molar-refractivity contribution < 1.29 is 14.7 Å². The molecular formula is C11H21N3O3. The van der Waals surface area contributed by atoms with Crippen molar-refractivity contribution in [2.24, 2.45) is 0 Å². The van der Waals surface area contributed by atoms with Gasteiger partial charge >= 0.3 is 11.8 Å². The highest BCUT2D eigenvalue weighted by Crippen LogP contribution is 2.00. The molecule has 6 heteroatoms. The number of carbonyl (C=O) groups is 2. The van der Waals surface area contributed by atoms with Crippen LogP contribution < -0.4 is 5.32 Å². The summed E-state index contributed by atoms with van der Waals surface area (Å²) in [5.41, 5.74) is 0. The molecule has 6 nitrogen and oxygen atoms in total. The Morgan fingerprint density at radius 3 is 2.47 bits per heavy atom. The summed E-state index contributed by atoms with van der Waals surface area (Å²) in [5, 5.41) is 12.0. The Kier molecular flexibility index (Phi) is 5.93. The van der Waals surface area contributed by atoms with Gasteiger partial charge in [0.2, 0.25) is 0 Å². The Bertz CT molecular complexity index is 259. The van der Waals surface area contributed by atoms with Crippen LogP contribution in [0, 0.1) is 0 Å². The molecule has 0 atom stereocenters. The van der Waals surface area contributed by atoms with Gasteiger partial charge in [0, 0.05) is 39.3 Å². The number of amides is 2. The maximum Gasteiger partial charge on any atom is 0.312 e. The van der Waals surface area contributed by atoms with Crippen LogP contribution in [0.4, 0.5) is 0 Å². The number of nitrogens with zero attached hydrogens (tertiary/aromatic N) is 2. The molecular weight excluding hydrogens is 222 g/mol.